The molecule has 8 nitrogen and oxygen atoms in total. The highest BCUT2D eigenvalue weighted by atomic mass is 16.5. The predicted molar refractivity (Wildman–Crippen MR) is 132 cm³/mol. The van der Waals surface area contributed by atoms with E-state index in [1.54, 1.807) is 60.7 Å². The lowest BCUT2D eigenvalue weighted by molar-refractivity contribution is 0.0994. The van der Waals surface area contributed by atoms with Crippen molar-refractivity contribution in [3.63, 3.8) is 0 Å². The molecule has 2 aromatic carbocycles. The van der Waals surface area contributed by atoms with Gasteiger partial charge in [0.05, 0.1) is 12.0 Å². The molecule has 5 rings (SSSR count). The van der Waals surface area contributed by atoms with Crippen LogP contribution in [0.4, 0.5) is 11.4 Å². The number of pyridine rings is 1. The second-order valence-corrected chi connectivity index (χ2v) is 7.98. The first-order valence-corrected chi connectivity index (χ1v) is 11.0. The molecule has 0 fully saturated rings. The summed E-state index contributed by atoms with van der Waals surface area (Å²) in [5, 5.41) is 5.57. The Morgan fingerprint density at radius 3 is 2.29 bits per heavy atom. The van der Waals surface area contributed by atoms with Gasteiger partial charge in [-0.2, -0.15) is 0 Å². The normalized spacial score (nSPS) is 10.8. The van der Waals surface area contributed by atoms with Crippen LogP contribution in [0.3, 0.4) is 0 Å². The Morgan fingerprint density at radius 1 is 0.886 bits per heavy atom. The van der Waals surface area contributed by atoms with Crippen molar-refractivity contribution in [2.75, 3.05) is 10.6 Å². The van der Waals surface area contributed by atoms with Crippen molar-refractivity contribution in [3.05, 3.63) is 114 Å². The SMILES string of the molecule is Cc1ccc2nc(COc3ccc(C(=O)Nc4ccc(NC(=O)c5ccco5)cc4)cc3)cn2c1. The third-order valence-corrected chi connectivity index (χ3v) is 5.30. The molecule has 0 aliphatic heterocycles. The molecule has 0 atom stereocenters. The van der Waals surface area contributed by atoms with E-state index in [4.69, 9.17) is 9.15 Å². The number of amides is 2. The number of carbonyl (C=O) groups is 2. The number of anilines is 2. The fourth-order valence-corrected chi connectivity index (χ4v) is 3.53. The van der Waals surface area contributed by atoms with E-state index in [-0.39, 0.29) is 17.6 Å². The van der Waals surface area contributed by atoms with Crippen LogP contribution < -0.4 is 15.4 Å². The van der Waals surface area contributed by atoms with E-state index < -0.39 is 0 Å². The van der Waals surface area contributed by atoms with Gasteiger partial charge >= 0.3 is 0 Å². The van der Waals surface area contributed by atoms with Crippen LogP contribution in [0, 0.1) is 6.92 Å². The highest BCUT2D eigenvalue weighted by molar-refractivity contribution is 6.05. The Morgan fingerprint density at radius 2 is 1.60 bits per heavy atom. The Bertz CT molecular complexity index is 1470. The summed E-state index contributed by atoms with van der Waals surface area (Å²) >= 11 is 0. The van der Waals surface area contributed by atoms with Crippen LogP contribution in [0.15, 0.2) is 95.9 Å². The highest BCUT2D eigenvalue weighted by Crippen LogP contribution is 2.18. The van der Waals surface area contributed by atoms with Crippen molar-refractivity contribution in [3.8, 4) is 5.75 Å². The van der Waals surface area contributed by atoms with Gasteiger partial charge in [0.15, 0.2) is 5.76 Å². The second kappa shape index (κ2) is 9.56. The number of fused-ring (bicyclic) bond motifs is 1. The number of hydrogen-bond donors (Lipinski definition) is 2. The van der Waals surface area contributed by atoms with Gasteiger partial charge in [-0.1, -0.05) is 6.07 Å². The lowest BCUT2D eigenvalue weighted by Gasteiger charge is -2.08. The van der Waals surface area contributed by atoms with E-state index in [0.717, 1.165) is 16.9 Å². The summed E-state index contributed by atoms with van der Waals surface area (Å²) in [7, 11) is 0. The molecule has 0 radical (unpaired) electrons. The van der Waals surface area contributed by atoms with Crippen LogP contribution in [0.5, 0.6) is 5.75 Å². The molecular weight excluding hydrogens is 444 g/mol. The zero-order chi connectivity index (χ0) is 24.2. The minimum absolute atomic E-state index is 0.225. The molecule has 0 bridgehead atoms. The number of aryl methyl sites for hydroxylation is 1. The standard InChI is InChI=1S/C27H22N4O4/c1-18-4-13-25-28-22(16-31(25)15-18)17-35-23-11-5-19(6-12-23)26(32)29-20-7-9-21(10-8-20)30-27(33)24-3-2-14-34-24/h2-16H,17H2,1H3,(H,29,32)(H,30,33). The van der Waals surface area contributed by atoms with Gasteiger partial charge < -0.3 is 24.2 Å². The molecule has 2 amide bonds. The van der Waals surface area contributed by atoms with Crippen LogP contribution in [-0.4, -0.2) is 21.2 Å². The van der Waals surface area contributed by atoms with E-state index in [1.165, 1.54) is 6.26 Å². The fraction of sp³-hybridized carbons (Fsp3) is 0.0741. The van der Waals surface area contributed by atoms with Gasteiger partial charge in [0.1, 0.15) is 18.0 Å². The fourth-order valence-electron chi connectivity index (χ4n) is 3.53. The number of rotatable bonds is 7. The first-order valence-electron chi connectivity index (χ1n) is 11.0. The smallest absolute Gasteiger partial charge is 0.291 e. The number of aromatic nitrogens is 2. The molecule has 0 aliphatic carbocycles. The van der Waals surface area contributed by atoms with E-state index in [9.17, 15) is 9.59 Å². The van der Waals surface area contributed by atoms with Crippen LogP contribution in [-0.2, 0) is 6.61 Å². The number of benzene rings is 2. The van der Waals surface area contributed by atoms with Crippen LogP contribution in [0.2, 0.25) is 0 Å². The number of imidazole rings is 1. The number of ether oxygens (including phenoxy) is 1. The van der Waals surface area contributed by atoms with Crippen LogP contribution in [0.25, 0.3) is 5.65 Å². The van der Waals surface area contributed by atoms with Gasteiger partial charge in [-0.05, 0) is 79.2 Å². The van der Waals surface area contributed by atoms with Gasteiger partial charge in [-0.3, -0.25) is 9.59 Å². The molecular formula is C27H22N4O4. The topological polar surface area (TPSA) is 97.9 Å². The maximum atomic E-state index is 12.6. The third kappa shape index (κ3) is 5.22. The lowest BCUT2D eigenvalue weighted by atomic mass is 10.2. The Balaban J connectivity index is 1.15. The van der Waals surface area contributed by atoms with Crippen molar-refractivity contribution in [2.45, 2.75) is 13.5 Å². The largest absolute Gasteiger partial charge is 0.487 e. The van der Waals surface area contributed by atoms with Gasteiger partial charge in [0.25, 0.3) is 11.8 Å². The number of furan rings is 1. The van der Waals surface area contributed by atoms with E-state index >= 15 is 0 Å². The van der Waals surface area contributed by atoms with Crippen LogP contribution >= 0.6 is 0 Å². The van der Waals surface area contributed by atoms with Crippen molar-refractivity contribution in [2.24, 2.45) is 0 Å². The number of carbonyl (C=O) groups excluding carboxylic acids is 2. The number of nitrogens with zero attached hydrogens (tertiary/aromatic N) is 2. The maximum Gasteiger partial charge on any atom is 0.291 e. The molecule has 3 aromatic heterocycles. The van der Waals surface area contributed by atoms with E-state index in [1.807, 2.05) is 35.9 Å². The Hall–Kier alpha value is -4.85. The molecule has 0 aliphatic rings. The molecule has 8 heteroatoms. The van der Waals surface area contributed by atoms with Crippen molar-refractivity contribution >= 4 is 28.8 Å². The first kappa shape index (κ1) is 22.0. The van der Waals surface area contributed by atoms with Crippen molar-refractivity contribution in [1.29, 1.82) is 0 Å². The average Bonchev–Trinajstić information content (AvgIpc) is 3.54. The Kier molecular flexibility index (Phi) is 6.00. The highest BCUT2D eigenvalue weighted by Gasteiger charge is 2.10. The summed E-state index contributed by atoms with van der Waals surface area (Å²) < 4.78 is 12.9. The predicted octanol–water partition coefficient (Wildman–Crippen LogP) is 5.32. The summed E-state index contributed by atoms with van der Waals surface area (Å²) in [6.07, 6.45) is 5.40. The van der Waals surface area contributed by atoms with Gasteiger partial charge in [-0.15, -0.1) is 0 Å². The van der Waals surface area contributed by atoms with Crippen molar-refractivity contribution in [1.82, 2.24) is 9.38 Å². The van der Waals surface area contributed by atoms with E-state index in [0.29, 0.717) is 29.3 Å². The first-order chi connectivity index (χ1) is 17.0. The lowest BCUT2D eigenvalue weighted by Crippen LogP contribution is -2.13. The van der Waals surface area contributed by atoms with Gasteiger partial charge in [-0.25, -0.2) is 4.98 Å². The Labute approximate surface area is 201 Å². The molecule has 3 heterocycles. The quantitative estimate of drug-likeness (QED) is 0.338. The summed E-state index contributed by atoms with van der Waals surface area (Å²) in [4.78, 5) is 29.2. The second-order valence-electron chi connectivity index (χ2n) is 7.98. The van der Waals surface area contributed by atoms with Gasteiger partial charge in [0.2, 0.25) is 0 Å². The summed E-state index contributed by atoms with van der Waals surface area (Å²) in [6.45, 7) is 2.36. The summed E-state index contributed by atoms with van der Waals surface area (Å²) in [6, 6.07) is 21.0. The third-order valence-electron chi connectivity index (χ3n) is 5.30. The molecule has 0 saturated carbocycles. The monoisotopic (exact) mass is 466 g/mol. The molecule has 0 saturated heterocycles. The number of hydrogen-bond acceptors (Lipinski definition) is 5. The molecule has 174 valence electrons. The molecule has 5 aromatic rings. The van der Waals surface area contributed by atoms with E-state index in [2.05, 4.69) is 15.6 Å². The van der Waals surface area contributed by atoms with Gasteiger partial charge in [0, 0.05) is 29.3 Å². The molecule has 2 N–H and O–H groups in total. The van der Waals surface area contributed by atoms with Crippen LogP contribution in [0.1, 0.15) is 32.2 Å². The summed E-state index contributed by atoms with van der Waals surface area (Å²) in [5.74, 6) is 0.277. The maximum absolute atomic E-state index is 12.6. The zero-order valence-electron chi connectivity index (χ0n) is 18.9. The molecule has 0 spiro atoms. The average molecular weight is 466 g/mol. The minimum Gasteiger partial charge on any atom is -0.487 e. The number of nitrogens with one attached hydrogen (secondary N) is 2. The minimum atomic E-state index is -0.342. The van der Waals surface area contributed by atoms with Crippen molar-refractivity contribution < 1.29 is 18.7 Å². The molecule has 35 heavy (non-hydrogen) atoms. The summed E-state index contributed by atoms with van der Waals surface area (Å²) in [5.41, 5.74) is 4.54. The molecule has 0 unspecified atom stereocenters. The zero-order valence-corrected chi connectivity index (χ0v) is 18.9.